The van der Waals surface area contributed by atoms with Gasteiger partial charge in [0.25, 0.3) is 0 Å². The molecule has 8 heteroatoms. The molecule has 0 aliphatic carbocycles. The van der Waals surface area contributed by atoms with E-state index in [0.29, 0.717) is 9.73 Å². The molecule has 2 nitrogen and oxygen atoms in total. The molecule has 1 N–H and O–H groups in total. The van der Waals surface area contributed by atoms with E-state index >= 15 is 0 Å². The largest absolute Gasteiger partial charge is 0.416 e. The van der Waals surface area contributed by atoms with Crippen molar-refractivity contribution in [3.63, 3.8) is 0 Å². The van der Waals surface area contributed by atoms with E-state index in [2.05, 4.69) is 26.2 Å². The number of hydrogen-bond acceptors (Lipinski definition) is 3. The number of alkyl halides is 3. The van der Waals surface area contributed by atoms with Crippen LogP contribution in [0.3, 0.4) is 0 Å². The summed E-state index contributed by atoms with van der Waals surface area (Å²) in [4.78, 5) is 4.02. The van der Waals surface area contributed by atoms with Crippen LogP contribution in [0.2, 0.25) is 5.02 Å². The van der Waals surface area contributed by atoms with E-state index in [0.717, 1.165) is 12.1 Å². The average Bonchev–Trinajstić information content (AvgIpc) is 2.66. The van der Waals surface area contributed by atoms with Crippen molar-refractivity contribution in [2.45, 2.75) is 6.18 Å². The first-order chi connectivity index (χ1) is 8.36. The SMILES string of the molecule is FC(F)(F)c1ccc(Cl)c(Nc2nc(Br)cs2)c1. The molecule has 1 aromatic carbocycles. The van der Waals surface area contributed by atoms with Crippen molar-refractivity contribution < 1.29 is 13.2 Å². The van der Waals surface area contributed by atoms with Gasteiger partial charge in [-0.05, 0) is 34.1 Å². The van der Waals surface area contributed by atoms with Crippen LogP contribution in [-0.4, -0.2) is 4.98 Å². The fourth-order valence-corrected chi connectivity index (χ4v) is 2.55. The van der Waals surface area contributed by atoms with E-state index in [-0.39, 0.29) is 10.7 Å². The quantitative estimate of drug-likeness (QED) is 0.786. The lowest BCUT2D eigenvalue weighted by Crippen LogP contribution is -2.05. The fourth-order valence-electron chi connectivity index (χ4n) is 1.22. The predicted octanol–water partition coefficient (Wildman–Crippen LogP) is 5.32. The summed E-state index contributed by atoms with van der Waals surface area (Å²) in [6.45, 7) is 0. The average molecular weight is 358 g/mol. The number of aromatic nitrogens is 1. The smallest absolute Gasteiger partial charge is 0.330 e. The van der Waals surface area contributed by atoms with Gasteiger partial charge in [0.2, 0.25) is 0 Å². The highest BCUT2D eigenvalue weighted by molar-refractivity contribution is 9.10. The van der Waals surface area contributed by atoms with Gasteiger partial charge in [-0.1, -0.05) is 11.6 Å². The highest BCUT2D eigenvalue weighted by atomic mass is 79.9. The molecule has 0 unspecified atom stereocenters. The molecule has 0 spiro atoms. The molecular formula is C10H5BrClF3N2S. The zero-order valence-electron chi connectivity index (χ0n) is 8.55. The molecule has 0 aliphatic rings. The number of halogens is 5. The Kier molecular flexibility index (Phi) is 3.84. The summed E-state index contributed by atoms with van der Waals surface area (Å²) in [6.07, 6.45) is -4.40. The summed E-state index contributed by atoms with van der Waals surface area (Å²) in [5, 5.41) is 5.13. The Morgan fingerprint density at radius 2 is 2.06 bits per heavy atom. The first-order valence-electron chi connectivity index (χ1n) is 4.61. The summed E-state index contributed by atoms with van der Waals surface area (Å²) < 4.78 is 38.3. The fraction of sp³-hybridized carbons (Fsp3) is 0.100. The molecule has 1 heterocycles. The second-order valence-electron chi connectivity index (χ2n) is 3.29. The van der Waals surface area contributed by atoms with Gasteiger partial charge in [0.15, 0.2) is 5.13 Å². The zero-order valence-corrected chi connectivity index (χ0v) is 11.7. The lowest BCUT2D eigenvalue weighted by molar-refractivity contribution is -0.137. The van der Waals surface area contributed by atoms with Gasteiger partial charge in [0, 0.05) is 5.38 Å². The molecule has 0 radical (unpaired) electrons. The third-order valence-corrected chi connectivity index (χ3v) is 3.81. The highest BCUT2D eigenvalue weighted by Crippen LogP contribution is 2.35. The van der Waals surface area contributed by atoms with Crippen LogP contribution < -0.4 is 5.32 Å². The Bertz CT molecular complexity index is 570. The van der Waals surface area contributed by atoms with E-state index < -0.39 is 11.7 Å². The normalized spacial score (nSPS) is 11.6. The summed E-state index contributed by atoms with van der Waals surface area (Å²) in [5.74, 6) is 0. The minimum absolute atomic E-state index is 0.174. The van der Waals surface area contributed by atoms with Gasteiger partial charge in [-0.15, -0.1) is 11.3 Å². The molecule has 2 aromatic rings. The molecule has 2 rings (SSSR count). The molecule has 0 saturated carbocycles. The molecule has 0 fully saturated rings. The molecule has 18 heavy (non-hydrogen) atoms. The number of rotatable bonds is 2. The second-order valence-corrected chi connectivity index (χ2v) is 5.37. The number of anilines is 2. The lowest BCUT2D eigenvalue weighted by Gasteiger charge is -2.10. The molecule has 0 atom stereocenters. The number of nitrogens with zero attached hydrogens (tertiary/aromatic N) is 1. The molecule has 1 aromatic heterocycles. The summed E-state index contributed by atoms with van der Waals surface area (Å²) in [7, 11) is 0. The Morgan fingerprint density at radius 1 is 1.33 bits per heavy atom. The molecule has 0 amide bonds. The van der Waals surface area contributed by atoms with Gasteiger partial charge >= 0.3 is 6.18 Å². The predicted molar refractivity (Wildman–Crippen MR) is 69.6 cm³/mol. The van der Waals surface area contributed by atoms with Crippen LogP contribution in [0, 0.1) is 0 Å². The molecule has 96 valence electrons. The van der Waals surface area contributed by atoms with Crippen molar-refractivity contribution in [1.82, 2.24) is 4.98 Å². The van der Waals surface area contributed by atoms with Crippen molar-refractivity contribution in [2.24, 2.45) is 0 Å². The van der Waals surface area contributed by atoms with Crippen LogP contribution in [0.15, 0.2) is 28.2 Å². The standard InChI is InChI=1S/C10H5BrClF3N2S/c11-8-4-18-9(17-8)16-7-3-5(10(13,14)15)1-2-6(7)12/h1-4H,(H,16,17). The number of hydrogen-bond donors (Lipinski definition) is 1. The van der Waals surface area contributed by atoms with E-state index in [1.807, 2.05) is 0 Å². The zero-order chi connectivity index (χ0) is 13.3. The lowest BCUT2D eigenvalue weighted by atomic mass is 10.2. The van der Waals surface area contributed by atoms with Crippen LogP contribution >= 0.6 is 38.9 Å². The molecule has 0 aliphatic heterocycles. The maximum Gasteiger partial charge on any atom is 0.416 e. The third-order valence-electron chi connectivity index (χ3n) is 2.01. The maximum atomic E-state index is 12.6. The van der Waals surface area contributed by atoms with Crippen molar-refractivity contribution in [3.8, 4) is 0 Å². The van der Waals surface area contributed by atoms with E-state index in [9.17, 15) is 13.2 Å². The van der Waals surface area contributed by atoms with Crippen molar-refractivity contribution in [1.29, 1.82) is 0 Å². The van der Waals surface area contributed by atoms with Gasteiger partial charge in [-0.25, -0.2) is 4.98 Å². The first-order valence-corrected chi connectivity index (χ1v) is 6.66. The Balaban J connectivity index is 2.32. The first kappa shape index (κ1) is 13.6. The van der Waals surface area contributed by atoms with Crippen LogP contribution in [-0.2, 0) is 6.18 Å². The van der Waals surface area contributed by atoms with E-state index in [4.69, 9.17) is 11.6 Å². The molecular weight excluding hydrogens is 353 g/mol. The van der Waals surface area contributed by atoms with Gasteiger partial charge < -0.3 is 5.32 Å². The topological polar surface area (TPSA) is 24.9 Å². The summed E-state index contributed by atoms with van der Waals surface area (Å²) in [6, 6.07) is 3.10. The number of benzene rings is 1. The summed E-state index contributed by atoms with van der Waals surface area (Å²) >= 11 is 10.3. The maximum absolute atomic E-state index is 12.6. The van der Waals surface area contributed by atoms with E-state index in [1.54, 1.807) is 5.38 Å². The van der Waals surface area contributed by atoms with Gasteiger partial charge in [-0.3, -0.25) is 0 Å². The van der Waals surface area contributed by atoms with Crippen molar-refractivity contribution >= 4 is 49.7 Å². The monoisotopic (exact) mass is 356 g/mol. The highest BCUT2D eigenvalue weighted by Gasteiger charge is 2.31. The number of nitrogens with one attached hydrogen (secondary N) is 1. The summed E-state index contributed by atoms with van der Waals surface area (Å²) in [5.41, 5.74) is -0.585. The minimum atomic E-state index is -4.40. The third kappa shape index (κ3) is 3.15. The molecule has 0 saturated heterocycles. The second kappa shape index (κ2) is 5.07. The Morgan fingerprint density at radius 3 is 2.61 bits per heavy atom. The van der Waals surface area contributed by atoms with Gasteiger partial charge in [-0.2, -0.15) is 13.2 Å². The molecule has 0 bridgehead atoms. The van der Waals surface area contributed by atoms with Crippen LogP contribution in [0.1, 0.15) is 5.56 Å². The van der Waals surface area contributed by atoms with Crippen LogP contribution in [0.5, 0.6) is 0 Å². The van der Waals surface area contributed by atoms with Crippen molar-refractivity contribution in [3.05, 3.63) is 38.8 Å². The Labute approximate surface area is 118 Å². The van der Waals surface area contributed by atoms with E-state index in [1.165, 1.54) is 17.4 Å². The Hall–Kier alpha value is -0.790. The van der Waals surface area contributed by atoms with Crippen LogP contribution in [0.25, 0.3) is 0 Å². The van der Waals surface area contributed by atoms with Crippen molar-refractivity contribution in [2.75, 3.05) is 5.32 Å². The van der Waals surface area contributed by atoms with Gasteiger partial charge in [0.1, 0.15) is 4.60 Å². The van der Waals surface area contributed by atoms with Crippen LogP contribution in [0.4, 0.5) is 24.0 Å². The minimum Gasteiger partial charge on any atom is -0.330 e. The number of thiazole rings is 1. The van der Waals surface area contributed by atoms with Gasteiger partial charge in [0.05, 0.1) is 16.3 Å².